The second-order valence-electron chi connectivity index (χ2n) is 4.92. The molecule has 0 unspecified atom stereocenters. The Bertz CT molecular complexity index is 835. The van der Waals surface area contributed by atoms with Crippen molar-refractivity contribution < 1.29 is 27.4 Å². The summed E-state index contributed by atoms with van der Waals surface area (Å²) in [6.45, 7) is 2.33. The molecule has 1 N–H and O–H groups in total. The molecule has 7 nitrogen and oxygen atoms in total. The predicted octanol–water partition coefficient (Wildman–Crippen LogP) is 2.91. The maximum Gasteiger partial charge on any atom is 0.262 e. The number of benzene rings is 2. The first-order chi connectivity index (χ1) is 11.9. The minimum atomic E-state index is -3.80. The van der Waals surface area contributed by atoms with Crippen LogP contribution in [-0.2, 0) is 10.0 Å². The number of nitrogens with one attached hydrogen (secondary N) is 1. The van der Waals surface area contributed by atoms with E-state index in [-0.39, 0.29) is 4.90 Å². The lowest BCUT2D eigenvalue weighted by atomic mass is 10.3. The summed E-state index contributed by atoms with van der Waals surface area (Å²) in [5.74, 6) is 1.76. The summed E-state index contributed by atoms with van der Waals surface area (Å²) < 4.78 is 48.6. The van der Waals surface area contributed by atoms with E-state index in [1.165, 1.54) is 39.5 Å². The minimum absolute atomic E-state index is 0.0537. The molecule has 2 aromatic rings. The molecule has 8 heteroatoms. The smallest absolute Gasteiger partial charge is 0.262 e. The molecule has 0 fully saturated rings. The fourth-order valence-electron chi connectivity index (χ4n) is 2.20. The van der Waals surface area contributed by atoms with Crippen LogP contribution in [0.3, 0.4) is 0 Å². The predicted molar refractivity (Wildman–Crippen MR) is 94.5 cm³/mol. The fourth-order valence-corrected chi connectivity index (χ4v) is 3.27. The lowest BCUT2D eigenvalue weighted by Crippen LogP contribution is -2.13. The molecule has 2 aromatic carbocycles. The van der Waals surface area contributed by atoms with Crippen molar-refractivity contribution in [3.8, 4) is 23.0 Å². The van der Waals surface area contributed by atoms with Crippen LogP contribution < -0.4 is 23.7 Å². The van der Waals surface area contributed by atoms with Crippen LogP contribution in [-0.4, -0.2) is 36.4 Å². The third-order valence-electron chi connectivity index (χ3n) is 3.38. The maximum absolute atomic E-state index is 12.6. The lowest BCUT2D eigenvalue weighted by molar-refractivity contribution is 0.311. The molecule has 25 heavy (non-hydrogen) atoms. The molecule has 0 bridgehead atoms. The first-order valence-electron chi connectivity index (χ1n) is 7.50. The highest BCUT2D eigenvalue weighted by Gasteiger charge is 2.18. The maximum atomic E-state index is 12.6. The Labute approximate surface area is 147 Å². The van der Waals surface area contributed by atoms with E-state index >= 15 is 0 Å². The van der Waals surface area contributed by atoms with Gasteiger partial charge in [0.2, 0.25) is 0 Å². The topological polar surface area (TPSA) is 83.1 Å². The second kappa shape index (κ2) is 7.98. The van der Waals surface area contributed by atoms with E-state index in [0.717, 1.165) is 0 Å². The average Bonchev–Trinajstić information content (AvgIpc) is 2.62. The van der Waals surface area contributed by atoms with E-state index in [1.807, 2.05) is 6.92 Å². The third-order valence-corrected chi connectivity index (χ3v) is 4.76. The molecular formula is C17H21NO6S. The number of rotatable bonds is 8. The first-order valence-corrected chi connectivity index (χ1v) is 8.99. The van der Waals surface area contributed by atoms with E-state index < -0.39 is 10.0 Å². The van der Waals surface area contributed by atoms with Gasteiger partial charge in [-0.3, -0.25) is 4.72 Å². The van der Waals surface area contributed by atoms with Crippen molar-refractivity contribution in [2.75, 3.05) is 32.7 Å². The van der Waals surface area contributed by atoms with Gasteiger partial charge in [0.05, 0.1) is 38.5 Å². The number of anilines is 1. The Morgan fingerprint density at radius 2 is 1.44 bits per heavy atom. The van der Waals surface area contributed by atoms with Crippen molar-refractivity contribution in [1.29, 1.82) is 0 Å². The van der Waals surface area contributed by atoms with Crippen LogP contribution in [0.25, 0.3) is 0 Å². The molecule has 2 rings (SSSR count). The number of ether oxygens (including phenoxy) is 4. The van der Waals surface area contributed by atoms with E-state index in [4.69, 9.17) is 18.9 Å². The van der Waals surface area contributed by atoms with E-state index in [1.54, 1.807) is 18.2 Å². The minimum Gasteiger partial charge on any atom is -0.493 e. The molecule has 0 spiro atoms. The second-order valence-corrected chi connectivity index (χ2v) is 6.60. The Morgan fingerprint density at radius 3 is 2.04 bits per heavy atom. The highest BCUT2D eigenvalue weighted by atomic mass is 32.2. The van der Waals surface area contributed by atoms with Crippen molar-refractivity contribution in [3.63, 3.8) is 0 Å². The molecule has 0 aromatic heterocycles. The SMILES string of the molecule is CCOc1ccc(NS(=O)(=O)c2ccc(OC)c(OC)c2)cc1OC. The highest BCUT2D eigenvalue weighted by Crippen LogP contribution is 2.33. The summed E-state index contributed by atoms with van der Waals surface area (Å²) in [7, 11) is 0.614. The third kappa shape index (κ3) is 4.27. The van der Waals surface area contributed by atoms with Gasteiger partial charge in [-0.1, -0.05) is 0 Å². The number of methoxy groups -OCH3 is 3. The molecule has 0 saturated heterocycles. The van der Waals surface area contributed by atoms with Crippen molar-refractivity contribution in [2.45, 2.75) is 11.8 Å². The normalized spacial score (nSPS) is 10.9. The van der Waals surface area contributed by atoms with Crippen LogP contribution in [0.2, 0.25) is 0 Å². The van der Waals surface area contributed by atoms with Crippen LogP contribution in [0.4, 0.5) is 5.69 Å². The average molecular weight is 367 g/mol. The molecule has 0 aliphatic rings. The number of hydrogen-bond acceptors (Lipinski definition) is 6. The van der Waals surface area contributed by atoms with Gasteiger partial charge in [-0.15, -0.1) is 0 Å². The van der Waals surface area contributed by atoms with Crippen LogP contribution in [0.5, 0.6) is 23.0 Å². The van der Waals surface area contributed by atoms with E-state index in [0.29, 0.717) is 35.3 Å². The molecule has 0 amide bonds. The lowest BCUT2D eigenvalue weighted by Gasteiger charge is -2.14. The van der Waals surface area contributed by atoms with Crippen LogP contribution in [0.1, 0.15) is 6.92 Å². The molecule has 136 valence electrons. The molecular weight excluding hydrogens is 346 g/mol. The number of hydrogen-bond donors (Lipinski definition) is 1. The monoisotopic (exact) mass is 367 g/mol. The summed E-state index contributed by atoms with van der Waals surface area (Å²) in [4.78, 5) is 0.0537. The molecule has 0 aliphatic carbocycles. The van der Waals surface area contributed by atoms with Gasteiger partial charge in [-0.05, 0) is 31.2 Å². The van der Waals surface area contributed by atoms with Gasteiger partial charge < -0.3 is 18.9 Å². The van der Waals surface area contributed by atoms with Gasteiger partial charge in [0.25, 0.3) is 10.0 Å². The quantitative estimate of drug-likeness (QED) is 0.772. The molecule has 0 radical (unpaired) electrons. The molecule has 0 heterocycles. The van der Waals surface area contributed by atoms with Crippen molar-refractivity contribution in [1.82, 2.24) is 0 Å². The molecule has 0 aliphatic heterocycles. The van der Waals surface area contributed by atoms with Gasteiger partial charge >= 0.3 is 0 Å². The Hall–Kier alpha value is -2.61. The molecule has 0 atom stereocenters. The summed E-state index contributed by atoms with van der Waals surface area (Å²) in [6.07, 6.45) is 0. The molecule has 0 saturated carbocycles. The Morgan fingerprint density at radius 1 is 0.840 bits per heavy atom. The van der Waals surface area contributed by atoms with Gasteiger partial charge in [-0.2, -0.15) is 0 Å². The van der Waals surface area contributed by atoms with Crippen molar-refractivity contribution >= 4 is 15.7 Å². The van der Waals surface area contributed by atoms with E-state index in [9.17, 15) is 8.42 Å². The van der Waals surface area contributed by atoms with Gasteiger partial charge in [0.1, 0.15) is 0 Å². The van der Waals surface area contributed by atoms with Crippen LogP contribution in [0, 0.1) is 0 Å². The standard InChI is InChI=1S/C17H21NO6S/c1-5-24-15-8-6-12(10-16(15)22-3)18-25(19,20)13-7-9-14(21-2)17(11-13)23-4/h6-11,18H,5H2,1-4H3. The van der Waals surface area contributed by atoms with Gasteiger partial charge in [0.15, 0.2) is 23.0 Å². The largest absolute Gasteiger partial charge is 0.493 e. The van der Waals surface area contributed by atoms with Crippen molar-refractivity contribution in [2.24, 2.45) is 0 Å². The summed E-state index contributed by atoms with van der Waals surface area (Å²) in [5, 5.41) is 0. The summed E-state index contributed by atoms with van der Waals surface area (Å²) in [5.41, 5.74) is 0.357. The van der Waals surface area contributed by atoms with Crippen molar-refractivity contribution in [3.05, 3.63) is 36.4 Å². The zero-order valence-electron chi connectivity index (χ0n) is 14.5. The van der Waals surface area contributed by atoms with Crippen LogP contribution in [0.15, 0.2) is 41.3 Å². The Balaban J connectivity index is 2.32. The fraction of sp³-hybridized carbons (Fsp3) is 0.294. The summed E-state index contributed by atoms with van der Waals surface area (Å²) in [6, 6.07) is 9.18. The number of sulfonamides is 1. The highest BCUT2D eigenvalue weighted by molar-refractivity contribution is 7.92. The van der Waals surface area contributed by atoms with Gasteiger partial charge in [0, 0.05) is 12.1 Å². The van der Waals surface area contributed by atoms with Gasteiger partial charge in [-0.25, -0.2) is 8.42 Å². The van der Waals surface area contributed by atoms with E-state index in [2.05, 4.69) is 4.72 Å². The summed E-state index contributed by atoms with van der Waals surface area (Å²) >= 11 is 0. The van der Waals surface area contributed by atoms with Crippen LogP contribution >= 0.6 is 0 Å². The zero-order chi connectivity index (χ0) is 18.4. The zero-order valence-corrected chi connectivity index (χ0v) is 15.3. The Kier molecular flexibility index (Phi) is 5.97. The first kappa shape index (κ1) is 18.7.